The van der Waals surface area contributed by atoms with Gasteiger partial charge in [-0.05, 0) is 17.9 Å². The van der Waals surface area contributed by atoms with Crippen LogP contribution in [0.3, 0.4) is 0 Å². The molecule has 1 aromatic rings. The first-order valence-corrected chi connectivity index (χ1v) is 7.82. The summed E-state index contributed by atoms with van der Waals surface area (Å²) in [5.74, 6) is 0.642. The minimum atomic E-state index is -1.71. The van der Waals surface area contributed by atoms with Crippen molar-refractivity contribution in [3.8, 4) is 0 Å². The van der Waals surface area contributed by atoms with Gasteiger partial charge in [-0.3, -0.25) is 4.18 Å². The Kier molecular flexibility index (Phi) is 4.03. The second-order valence-corrected chi connectivity index (χ2v) is 6.26. The molecule has 1 saturated carbocycles. The predicted octanol–water partition coefficient (Wildman–Crippen LogP) is 2.40. The first kappa shape index (κ1) is 13.6. The summed E-state index contributed by atoms with van der Waals surface area (Å²) in [6.07, 6.45) is 2.67. The average Bonchev–Trinajstić information content (AvgIpc) is 3.20. The monoisotopic (exact) mass is 295 g/mol. The lowest BCUT2D eigenvalue weighted by atomic mass is 10.1. The van der Waals surface area contributed by atoms with E-state index in [1.165, 1.54) is 17.1 Å². The molecule has 2 atom stereocenters. The van der Waals surface area contributed by atoms with Crippen molar-refractivity contribution >= 4 is 17.4 Å². The molecule has 1 aromatic carbocycles. The number of hydrogen-bond donors (Lipinski definition) is 0. The lowest BCUT2D eigenvalue weighted by molar-refractivity contribution is 0.112. The van der Waals surface area contributed by atoms with Crippen LogP contribution in [0, 0.1) is 5.92 Å². The SMILES string of the molecule is O=C(OCc1ccccc1)N1[C@@H](CC2CC2)COS1=O. The lowest BCUT2D eigenvalue weighted by Crippen LogP contribution is -2.37. The Morgan fingerprint density at radius 1 is 1.35 bits per heavy atom. The van der Waals surface area contributed by atoms with Gasteiger partial charge in [0.05, 0.1) is 12.6 Å². The molecule has 2 fully saturated rings. The molecule has 1 aliphatic carbocycles. The second-order valence-electron chi connectivity index (χ2n) is 5.20. The topological polar surface area (TPSA) is 55.8 Å². The van der Waals surface area contributed by atoms with Crippen molar-refractivity contribution in [2.24, 2.45) is 5.92 Å². The Morgan fingerprint density at radius 3 is 2.80 bits per heavy atom. The number of nitrogens with zero attached hydrogens (tertiary/aromatic N) is 1. The maximum Gasteiger partial charge on any atom is 0.424 e. The Bertz CT molecular complexity index is 503. The van der Waals surface area contributed by atoms with Crippen LogP contribution in [-0.2, 0) is 26.8 Å². The molecule has 1 aliphatic heterocycles. The van der Waals surface area contributed by atoms with Gasteiger partial charge >= 0.3 is 6.09 Å². The van der Waals surface area contributed by atoms with Gasteiger partial charge in [-0.1, -0.05) is 43.2 Å². The Hall–Kier alpha value is -1.40. The van der Waals surface area contributed by atoms with Crippen molar-refractivity contribution in [1.82, 2.24) is 4.31 Å². The van der Waals surface area contributed by atoms with E-state index < -0.39 is 17.4 Å². The summed E-state index contributed by atoms with van der Waals surface area (Å²) in [5.41, 5.74) is 0.908. The van der Waals surface area contributed by atoms with Crippen LogP contribution in [0.25, 0.3) is 0 Å². The number of ether oxygens (including phenoxy) is 1. The van der Waals surface area contributed by atoms with Gasteiger partial charge in [-0.2, -0.15) is 4.31 Å². The molecule has 20 heavy (non-hydrogen) atoms. The molecule has 0 spiro atoms. The highest BCUT2D eigenvalue weighted by Crippen LogP contribution is 2.36. The van der Waals surface area contributed by atoms with E-state index in [1.54, 1.807) is 0 Å². The van der Waals surface area contributed by atoms with Crippen LogP contribution in [0.2, 0.25) is 0 Å². The Balaban J connectivity index is 1.58. The molecule has 0 radical (unpaired) electrons. The molecular formula is C14H17NO4S. The highest BCUT2D eigenvalue weighted by atomic mass is 32.2. The van der Waals surface area contributed by atoms with Gasteiger partial charge in [0.15, 0.2) is 0 Å². The van der Waals surface area contributed by atoms with Crippen LogP contribution in [0.1, 0.15) is 24.8 Å². The maximum absolute atomic E-state index is 12.1. The summed E-state index contributed by atoms with van der Waals surface area (Å²) >= 11 is -1.71. The van der Waals surface area contributed by atoms with Crippen molar-refractivity contribution in [2.75, 3.05) is 6.61 Å². The first-order valence-electron chi connectivity index (χ1n) is 6.79. The smallest absolute Gasteiger partial charge is 0.424 e. The third-order valence-corrected chi connectivity index (χ3v) is 4.65. The van der Waals surface area contributed by atoms with Crippen LogP contribution in [0.5, 0.6) is 0 Å². The number of carbonyl (C=O) groups is 1. The number of hydrogen-bond acceptors (Lipinski definition) is 4. The maximum atomic E-state index is 12.1. The highest BCUT2D eigenvalue weighted by molar-refractivity contribution is 7.78. The summed E-state index contributed by atoms with van der Waals surface area (Å²) < 4.78 is 23.3. The zero-order valence-electron chi connectivity index (χ0n) is 11.1. The van der Waals surface area contributed by atoms with E-state index in [2.05, 4.69) is 0 Å². The average molecular weight is 295 g/mol. The van der Waals surface area contributed by atoms with E-state index in [9.17, 15) is 9.00 Å². The second kappa shape index (κ2) is 5.93. The van der Waals surface area contributed by atoms with Crippen molar-refractivity contribution in [3.63, 3.8) is 0 Å². The highest BCUT2D eigenvalue weighted by Gasteiger charge is 2.40. The molecule has 0 N–H and O–H groups in total. The fraction of sp³-hybridized carbons (Fsp3) is 0.500. The number of rotatable bonds is 4. The van der Waals surface area contributed by atoms with Gasteiger partial charge in [0.2, 0.25) is 0 Å². The third kappa shape index (κ3) is 3.19. The van der Waals surface area contributed by atoms with Gasteiger partial charge in [0, 0.05) is 0 Å². The molecule has 6 heteroatoms. The zero-order chi connectivity index (χ0) is 13.9. The molecule has 1 heterocycles. The van der Waals surface area contributed by atoms with E-state index in [4.69, 9.17) is 8.92 Å². The van der Waals surface area contributed by atoms with Crippen LogP contribution < -0.4 is 0 Å². The molecular weight excluding hydrogens is 278 g/mol. The minimum absolute atomic E-state index is 0.119. The van der Waals surface area contributed by atoms with Crippen molar-refractivity contribution in [1.29, 1.82) is 0 Å². The Labute approximate surface area is 120 Å². The first-order chi connectivity index (χ1) is 9.74. The van der Waals surface area contributed by atoms with Crippen molar-refractivity contribution in [2.45, 2.75) is 31.9 Å². The molecule has 0 aromatic heterocycles. The largest absolute Gasteiger partial charge is 0.444 e. The van der Waals surface area contributed by atoms with E-state index in [-0.39, 0.29) is 12.6 Å². The normalized spacial score (nSPS) is 25.7. The van der Waals surface area contributed by atoms with Gasteiger partial charge in [-0.15, -0.1) is 0 Å². The van der Waals surface area contributed by atoms with Crippen LogP contribution in [0.4, 0.5) is 4.79 Å². The van der Waals surface area contributed by atoms with E-state index in [1.807, 2.05) is 30.3 Å². The number of amides is 1. The summed E-state index contributed by atoms with van der Waals surface area (Å²) in [7, 11) is 0. The molecule has 2 aliphatic rings. The zero-order valence-corrected chi connectivity index (χ0v) is 11.9. The minimum Gasteiger partial charge on any atom is -0.444 e. The Morgan fingerprint density at radius 2 is 2.10 bits per heavy atom. The quantitative estimate of drug-likeness (QED) is 0.856. The third-order valence-electron chi connectivity index (χ3n) is 3.54. The van der Waals surface area contributed by atoms with E-state index in [0.29, 0.717) is 12.5 Å². The van der Waals surface area contributed by atoms with E-state index in [0.717, 1.165) is 12.0 Å². The van der Waals surface area contributed by atoms with Gasteiger partial charge in [0.1, 0.15) is 6.61 Å². The fourth-order valence-electron chi connectivity index (χ4n) is 2.28. The molecule has 1 unspecified atom stereocenters. The standard InChI is InChI=1S/C14H17NO4S/c16-14(18-9-12-4-2-1-3-5-12)15-13(8-11-6-7-11)10-19-20(15)17/h1-5,11,13H,6-10H2/t13-,20?/m0/s1. The molecule has 1 amide bonds. The summed E-state index contributed by atoms with van der Waals surface area (Å²) in [6.45, 7) is 0.521. The predicted molar refractivity (Wildman–Crippen MR) is 73.7 cm³/mol. The summed E-state index contributed by atoms with van der Waals surface area (Å²) in [4.78, 5) is 12.1. The van der Waals surface area contributed by atoms with E-state index >= 15 is 0 Å². The van der Waals surface area contributed by atoms with Crippen molar-refractivity contribution < 1.29 is 17.9 Å². The number of benzene rings is 1. The molecule has 108 valence electrons. The number of carbonyl (C=O) groups excluding carboxylic acids is 1. The van der Waals surface area contributed by atoms with Crippen LogP contribution in [0.15, 0.2) is 30.3 Å². The molecule has 0 bridgehead atoms. The summed E-state index contributed by atoms with van der Waals surface area (Å²) in [5, 5.41) is 0. The van der Waals surface area contributed by atoms with Gasteiger partial charge in [0.25, 0.3) is 11.3 Å². The van der Waals surface area contributed by atoms with Crippen molar-refractivity contribution in [3.05, 3.63) is 35.9 Å². The molecule has 3 rings (SSSR count). The van der Waals surface area contributed by atoms with Crippen LogP contribution >= 0.6 is 0 Å². The molecule has 5 nitrogen and oxygen atoms in total. The fourth-order valence-corrected chi connectivity index (χ4v) is 3.23. The van der Waals surface area contributed by atoms with Crippen LogP contribution in [-0.4, -0.2) is 27.3 Å². The van der Waals surface area contributed by atoms with Gasteiger partial charge in [-0.25, -0.2) is 9.00 Å². The van der Waals surface area contributed by atoms with Gasteiger partial charge < -0.3 is 4.74 Å². The summed E-state index contributed by atoms with van der Waals surface area (Å²) in [6, 6.07) is 9.32. The lowest BCUT2D eigenvalue weighted by Gasteiger charge is -2.19. The molecule has 1 saturated heterocycles.